The number of nitrogens with zero attached hydrogens (tertiary/aromatic N) is 1. The lowest BCUT2D eigenvalue weighted by molar-refractivity contribution is 0.495. The summed E-state index contributed by atoms with van der Waals surface area (Å²) >= 11 is 5.48. The Labute approximate surface area is 58.6 Å². The Kier molecular flexibility index (Phi) is 6.30. The second kappa shape index (κ2) is 5.81. The van der Waals surface area contributed by atoms with Gasteiger partial charge in [0.1, 0.15) is 0 Å². The van der Waals surface area contributed by atoms with Gasteiger partial charge in [0, 0.05) is 19.0 Å². The molecule has 1 nitrogen and oxygen atoms in total. The molecule has 0 aliphatic rings. The molecule has 0 aliphatic heterocycles. The molecule has 0 saturated heterocycles. The topological polar surface area (TPSA) is 3.24 Å². The highest BCUT2D eigenvalue weighted by molar-refractivity contribution is 7.13. The van der Waals surface area contributed by atoms with Crippen molar-refractivity contribution in [2.45, 2.75) is 13.3 Å². The first-order valence-electron chi connectivity index (χ1n) is 2.87. The molecule has 1 atom stereocenters. The van der Waals surface area contributed by atoms with Gasteiger partial charge in [0.25, 0.3) is 0 Å². The van der Waals surface area contributed by atoms with Gasteiger partial charge >= 0.3 is 0 Å². The fraction of sp³-hybridized carbons (Fsp3) is 1.00. The SMILES string of the molecule is CCCN(P)CCCl. The van der Waals surface area contributed by atoms with Crippen LogP contribution in [0.1, 0.15) is 13.3 Å². The standard InChI is InChI=1S/C5H13ClNP/c1-2-4-7(8)5-3-6/h2-5,8H2,1H3. The van der Waals surface area contributed by atoms with E-state index in [-0.39, 0.29) is 0 Å². The quantitative estimate of drug-likeness (QED) is 0.439. The van der Waals surface area contributed by atoms with Gasteiger partial charge in [-0.3, -0.25) is 4.67 Å². The summed E-state index contributed by atoms with van der Waals surface area (Å²) in [5.74, 6) is 0.726. The Balaban J connectivity index is 2.92. The molecule has 0 amide bonds. The third-order valence-electron chi connectivity index (χ3n) is 0.883. The second-order valence-corrected chi connectivity index (χ2v) is 2.83. The summed E-state index contributed by atoms with van der Waals surface area (Å²) in [6.07, 6.45) is 1.19. The van der Waals surface area contributed by atoms with Gasteiger partial charge in [-0.1, -0.05) is 16.3 Å². The highest BCUT2D eigenvalue weighted by Gasteiger charge is 1.91. The lowest BCUT2D eigenvalue weighted by Gasteiger charge is -2.11. The zero-order valence-electron chi connectivity index (χ0n) is 5.23. The largest absolute Gasteiger partial charge is 0.286 e. The maximum Gasteiger partial charge on any atom is 0.0354 e. The molecule has 0 N–H and O–H groups in total. The fourth-order valence-corrected chi connectivity index (χ4v) is 1.28. The molecule has 0 spiro atoms. The van der Waals surface area contributed by atoms with Crippen LogP contribution < -0.4 is 0 Å². The first kappa shape index (κ1) is 8.68. The predicted octanol–water partition coefficient (Wildman–Crippen LogP) is 1.73. The van der Waals surface area contributed by atoms with E-state index >= 15 is 0 Å². The second-order valence-electron chi connectivity index (χ2n) is 1.72. The Morgan fingerprint density at radius 2 is 2.12 bits per heavy atom. The van der Waals surface area contributed by atoms with Gasteiger partial charge in [0.05, 0.1) is 0 Å². The first-order chi connectivity index (χ1) is 3.81. The maximum atomic E-state index is 5.48. The summed E-state index contributed by atoms with van der Waals surface area (Å²) in [4.78, 5) is 0. The van der Waals surface area contributed by atoms with E-state index in [2.05, 4.69) is 21.0 Å². The molecular formula is C5H13ClNP. The molecule has 0 fully saturated rings. The summed E-state index contributed by atoms with van der Waals surface area (Å²) in [7, 11) is 2.65. The van der Waals surface area contributed by atoms with Crippen molar-refractivity contribution in [2.24, 2.45) is 0 Å². The molecule has 1 unspecified atom stereocenters. The third-order valence-corrected chi connectivity index (χ3v) is 1.57. The van der Waals surface area contributed by atoms with Crippen LogP contribution in [0.5, 0.6) is 0 Å². The van der Waals surface area contributed by atoms with E-state index < -0.39 is 0 Å². The van der Waals surface area contributed by atoms with Crippen LogP contribution in [0.4, 0.5) is 0 Å². The van der Waals surface area contributed by atoms with Crippen LogP contribution in [-0.2, 0) is 0 Å². The van der Waals surface area contributed by atoms with Crippen molar-refractivity contribution in [2.75, 3.05) is 19.0 Å². The summed E-state index contributed by atoms with van der Waals surface area (Å²) < 4.78 is 2.15. The van der Waals surface area contributed by atoms with Crippen molar-refractivity contribution in [1.29, 1.82) is 0 Å². The van der Waals surface area contributed by atoms with Crippen molar-refractivity contribution < 1.29 is 0 Å². The van der Waals surface area contributed by atoms with Crippen molar-refractivity contribution in [3.8, 4) is 0 Å². The molecule has 0 rings (SSSR count). The first-order valence-corrected chi connectivity index (χ1v) is 3.92. The number of hydrogen-bond donors (Lipinski definition) is 0. The Hall–Kier alpha value is 0.680. The van der Waals surface area contributed by atoms with E-state index in [9.17, 15) is 0 Å². The zero-order valence-corrected chi connectivity index (χ0v) is 7.14. The number of hydrogen-bond acceptors (Lipinski definition) is 1. The minimum atomic E-state index is 0.726. The van der Waals surface area contributed by atoms with E-state index in [1.54, 1.807) is 0 Å². The minimum Gasteiger partial charge on any atom is -0.286 e. The third kappa shape index (κ3) is 4.83. The van der Waals surface area contributed by atoms with Crippen molar-refractivity contribution >= 4 is 21.0 Å². The van der Waals surface area contributed by atoms with Crippen LogP contribution in [0.2, 0.25) is 0 Å². The zero-order chi connectivity index (χ0) is 6.41. The molecule has 0 bridgehead atoms. The molecular weight excluding hydrogens is 140 g/mol. The van der Waals surface area contributed by atoms with Gasteiger partial charge in [0.2, 0.25) is 0 Å². The van der Waals surface area contributed by atoms with Gasteiger partial charge in [-0.05, 0) is 6.42 Å². The molecule has 0 aliphatic carbocycles. The van der Waals surface area contributed by atoms with Crippen LogP contribution in [-0.4, -0.2) is 23.6 Å². The Morgan fingerprint density at radius 1 is 1.50 bits per heavy atom. The van der Waals surface area contributed by atoms with Crippen LogP contribution in [0.3, 0.4) is 0 Å². The molecule has 0 aromatic carbocycles. The average Bonchev–Trinajstić information content (AvgIpc) is 1.68. The van der Waals surface area contributed by atoms with Crippen molar-refractivity contribution in [1.82, 2.24) is 4.67 Å². The van der Waals surface area contributed by atoms with Gasteiger partial charge in [-0.2, -0.15) is 0 Å². The highest BCUT2D eigenvalue weighted by atomic mass is 35.5. The molecule has 50 valence electrons. The number of rotatable bonds is 4. The maximum absolute atomic E-state index is 5.48. The molecule has 0 radical (unpaired) electrons. The molecule has 3 heteroatoms. The van der Waals surface area contributed by atoms with E-state index in [0.29, 0.717) is 0 Å². The van der Waals surface area contributed by atoms with Crippen LogP contribution in [0, 0.1) is 0 Å². The van der Waals surface area contributed by atoms with Gasteiger partial charge in [0.15, 0.2) is 0 Å². The molecule has 0 aromatic rings. The summed E-state index contributed by atoms with van der Waals surface area (Å²) in [5, 5.41) is 0. The monoisotopic (exact) mass is 153 g/mol. The molecule has 0 aromatic heterocycles. The van der Waals surface area contributed by atoms with Crippen LogP contribution in [0.25, 0.3) is 0 Å². The van der Waals surface area contributed by atoms with Crippen molar-refractivity contribution in [3.63, 3.8) is 0 Å². The van der Waals surface area contributed by atoms with Crippen LogP contribution >= 0.6 is 21.0 Å². The Morgan fingerprint density at radius 3 is 2.50 bits per heavy atom. The van der Waals surface area contributed by atoms with E-state index in [1.165, 1.54) is 6.42 Å². The Bertz CT molecular complexity index is 45.7. The van der Waals surface area contributed by atoms with Gasteiger partial charge in [-0.25, -0.2) is 0 Å². The highest BCUT2D eigenvalue weighted by Crippen LogP contribution is 1.98. The lowest BCUT2D eigenvalue weighted by Crippen LogP contribution is -2.14. The molecule has 8 heavy (non-hydrogen) atoms. The summed E-state index contributed by atoms with van der Waals surface area (Å²) in [5.41, 5.74) is 0. The van der Waals surface area contributed by atoms with E-state index in [4.69, 9.17) is 11.6 Å². The van der Waals surface area contributed by atoms with E-state index in [1.807, 2.05) is 0 Å². The smallest absolute Gasteiger partial charge is 0.0354 e. The molecule has 0 saturated carbocycles. The average molecular weight is 154 g/mol. The minimum absolute atomic E-state index is 0.726. The fourth-order valence-electron chi connectivity index (χ4n) is 0.508. The summed E-state index contributed by atoms with van der Waals surface area (Å²) in [6.45, 7) is 4.25. The van der Waals surface area contributed by atoms with Crippen LogP contribution in [0.15, 0.2) is 0 Å². The van der Waals surface area contributed by atoms with Gasteiger partial charge in [-0.15, -0.1) is 11.6 Å². The van der Waals surface area contributed by atoms with Gasteiger partial charge < -0.3 is 0 Å². The number of halogens is 1. The lowest BCUT2D eigenvalue weighted by atomic mass is 10.5. The predicted molar refractivity (Wildman–Crippen MR) is 42.3 cm³/mol. The number of alkyl halides is 1. The summed E-state index contributed by atoms with van der Waals surface area (Å²) in [6, 6.07) is 0. The van der Waals surface area contributed by atoms with E-state index in [0.717, 1.165) is 19.0 Å². The van der Waals surface area contributed by atoms with Crippen molar-refractivity contribution in [3.05, 3.63) is 0 Å². The molecule has 0 heterocycles. The normalized spacial score (nSPS) is 10.5.